The fourth-order valence-electron chi connectivity index (χ4n) is 3.38. The standard InChI is InChI=1S/C21H24ClNO3S/c1-15(2)17-9-7-16(8-10-17)13-23(18-11-12-27(25,26)14-18)21(24)19-5-3-4-6-20(19)22/h3-10,15,18H,11-14H2,1-2H3/t18-/m0/s1. The molecule has 6 heteroatoms. The molecule has 1 heterocycles. The number of sulfone groups is 1. The lowest BCUT2D eigenvalue weighted by Gasteiger charge is -2.29. The SMILES string of the molecule is CC(C)c1ccc(CN(C(=O)c2ccccc2Cl)[C@H]2CCS(=O)(=O)C2)cc1. The van der Waals surface area contributed by atoms with Crippen LogP contribution in [-0.4, -0.2) is 36.8 Å². The Kier molecular flexibility index (Phi) is 5.92. The normalized spacial score (nSPS) is 18.6. The molecule has 0 bridgehead atoms. The van der Waals surface area contributed by atoms with Crippen LogP contribution >= 0.6 is 11.6 Å². The fraction of sp³-hybridized carbons (Fsp3) is 0.381. The first-order chi connectivity index (χ1) is 12.8. The second kappa shape index (κ2) is 8.03. The summed E-state index contributed by atoms with van der Waals surface area (Å²) in [6.45, 7) is 4.62. The van der Waals surface area contributed by atoms with E-state index in [1.54, 1.807) is 29.2 Å². The first kappa shape index (κ1) is 19.9. The molecule has 4 nitrogen and oxygen atoms in total. The summed E-state index contributed by atoms with van der Waals surface area (Å²) in [6, 6.07) is 14.7. The molecule has 1 aliphatic rings. The second-order valence-electron chi connectivity index (χ2n) is 7.37. The predicted octanol–water partition coefficient (Wildman–Crippen LogP) is 4.29. The van der Waals surface area contributed by atoms with Gasteiger partial charge in [-0.2, -0.15) is 0 Å². The van der Waals surface area contributed by atoms with E-state index in [1.165, 1.54) is 5.56 Å². The van der Waals surface area contributed by atoms with E-state index in [0.717, 1.165) is 5.56 Å². The first-order valence-electron chi connectivity index (χ1n) is 9.11. The van der Waals surface area contributed by atoms with Gasteiger partial charge in [-0.25, -0.2) is 8.42 Å². The number of rotatable bonds is 5. The topological polar surface area (TPSA) is 54.5 Å². The maximum absolute atomic E-state index is 13.2. The summed E-state index contributed by atoms with van der Waals surface area (Å²) >= 11 is 6.22. The Hall–Kier alpha value is -1.85. The number of hydrogen-bond acceptors (Lipinski definition) is 3. The van der Waals surface area contributed by atoms with E-state index in [4.69, 9.17) is 11.6 Å². The third-order valence-corrected chi connectivity index (χ3v) is 7.09. The van der Waals surface area contributed by atoms with Gasteiger partial charge in [0.15, 0.2) is 9.84 Å². The molecule has 0 aliphatic carbocycles. The van der Waals surface area contributed by atoms with Crippen molar-refractivity contribution in [2.24, 2.45) is 0 Å². The number of amides is 1. The quantitative estimate of drug-likeness (QED) is 0.745. The third-order valence-electron chi connectivity index (χ3n) is 5.01. The molecule has 0 radical (unpaired) electrons. The Labute approximate surface area is 166 Å². The van der Waals surface area contributed by atoms with Crippen molar-refractivity contribution in [3.05, 3.63) is 70.2 Å². The number of halogens is 1. The van der Waals surface area contributed by atoms with Gasteiger partial charge in [0.2, 0.25) is 0 Å². The minimum atomic E-state index is -3.10. The monoisotopic (exact) mass is 405 g/mol. The van der Waals surface area contributed by atoms with Crippen molar-refractivity contribution in [3.63, 3.8) is 0 Å². The molecule has 0 aromatic heterocycles. The Morgan fingerprint density at radius 2 is 1.81 bits per heavy atom. The van der Waals surface area contributed by atoms with E-state index in [2.05, 4.69) is 26.0 Å². The molecule has 2 aromatic carbocycles. The van der Waals surface area contributed by atoms with Crippen LogP contribution in [0.3, 0.4) is 0 Å². The zero-order valence-corrected chi connectivity index (χ0v) is 17.1. The number of hydrogen-bond donors (Lipinski definition) is 0. The van der Waals surface area contributed by atoms with E-state index in [-0.39, 0.29) is 23.5 Å². The van der Waals surface area contributed by atoms with Crippen LogP contribution in [-0.2, 0) is 16.4 Å². The van der Waals surface area contributed by atoms with E-state index >= 15 is 0 Å². The van der Waals surface area contributed by atoms with Gasteiger partial charge >= 0.3 is 0 Å². The Balaban J connectivity index is 1.90. The lowest BCUT2D eigenvalue weighted by Crippen LogP contribution is -2.40. The number of nitrogens with zero attached hydrogens (tertiary/aromatic N) is 1. The summed E-state index contributed by atoms with van der Waals surface area (Å²) in [5, 5.41) is 0.378. The molecule has 3 rings (SSSR count). The van der Waals surface area contributed by atoms with E-state index < -0.39 is 9.84 Å². The van der Waals surface area contributed by atoms with Crippen LogP contribution in [0.2, 0.25) is 5.02 Å². The van der Waals surface area contributed by atoms with Crippen LogP contribution < -0.4 is 0 Å². The van der Waals surface area contributed by atoms with Gasteiger partial charge < -0.3 is 4.90 Å². The summed E-state index contributed by atoms with van der Waals surface area (Å²) in [6.07, 6.45) is 0.461. The van der Waals surface area contributed by atoms with Gasteiger partial charge in [-0.1, -0.05) is 61.8 Å². The molecule has 27 heavy (non-hydrogen) atoms. The number of benzene rings is 2. The highest BCUT2D eigenvalue weighted by Crippen LogP contribution is 2.25. The molecule has 144 valence electrons. The van der Waals surface area contributed by atoms with Crippen LogP contribution in [0, 0.1) is 0 Å². The van der Waals surface area contributed by atoms with Gasteiger partial charge in [-0.3, -0.25) is 4.79 Å². The highest BCUT2D eigenvalue weighted by Gasteiger charge is 2.35. The van der Waals surface area contributed by atoms with Gasteiger partial charge in [-0.05, 0) is 35.6 Å². The van der Waals surface area contributed by atoms with Crippen molar-refractivity contribution in [2.45, 2.75) is 38.8 Å². The smallest absolute Gasteiger partial charge is 0.255 e. The molecule has 0 unspecified atom stereocenters. The highest BCUT2D eigenvalue weighted by atomic mass is 35.5. The van der Waals surface area contributed by atoms with Crippen molar-refractivity contribution < 1.29 is 13.2 Å². The average molecular weight is 406 g/mol. The average Bonchev–Trinajstić information content (AvgIpc) is 2.99. The van der Waals surface area contributed by atoms with Gasteiger partial charge in [0.1, 0.15) is 0 Å². The molecule has 1 fully saturated rings. The van der Waals surface area contributed by atoms with Crippen LogP contribution in [0.5, 0.6) is 0 Å². The Morgan fingerprint density at radius 3 is 2.37 bits per heavy atom. The Morgan fingerprint density at radius 1 is 1.15 bits per heavy atom. The van der Waals surface area contributed by atoms with Crippen LogP contribution in [0.4, 0.5) is 0 Å². The van der Waals surface area contributed by atoms with Crippen molar-refractivity contribution in [2.75, 3.05) is 11.5 Å². The molecule has 0 spiro atoms. The molecular formula is C21H24ClNO3S. The van der Waals surface area contributed by atoms with E-state index in [0.29, 0.717) is 29.5 Å². The molecule has 1 saturated heterocycles. The van der Waals surface area contributed by atoms with Gasteiger partial charge in [0, 0.05) is 12.6 Å². The molecule has 1 aliphatic heterocycles. The van der Waals surface area contributed by atoms with Gasteiger partial charge in [-0.15, -0.1) is 0 Å². The maximum atomic E-state index is 13.2. The van der Waals surface area contributed by atoms with Crippen molar-refractivity contribution in [1.82, 2.24) is 4.90 Å². The van der Waals surface area contributed by atoms with Gasteiger partial charge in [0.25, 0.3) is 5.91 Å². The zero-order chi connectivity index (χ0) is 19.6. The summed E-state index contributed by atoms with van der Waals surface area (Å²) in [5.41, 5.74) is 2.61. The molecule has 1 atom stereocenters. The van der Waals surface area contributed by atoms with Gasteiger partial charge in [0.05, 0.1) is 22.1 Å². The summed E-state index contributed by atoms with van der Waals surface area (Å²) in [4.78, 5) is 14.9. The summed E-state index contributed by atoms with van der Waals surface area (Å²) < 4.78 is 24.0. The fourth-order valence-corrected chi connectivity index (χ4v) is 5.33. The van der Waals surface area contributed by atoms with Crippen molar-refractivity contribution in [3.8, 4) is 0 Å². The largest absolute Gasteiger partial charge is 0.330 e. The third kappa shape index (κ3) is 4.71. The minimum absolute atomic E-state index is 0.00721. The molecule has 1 amide bonds. The highest BCUT2D eigenvalue weighted by molar-refractivity contribution is 7.91. The predicted molar refractivity (Wildman–Crippen MR) is 109 cm³/mol. The minimum Gasteiger partial charge on any atom is -0.330 e. The summed E-state index contributed by atoms with van der Waals surface area (Å²) in [7, 11) is -3.10. The lowest BCUT2D eigenvalue weighted by atomic mass is 10.0. The molecule has 0 N–H and O–H groups in total. The number of carbonyl (C=O) groups excluding carboxylic acids is 1. The molecule has 2 aromatic rings. The lowest BCUT2D eigenvalue weighted by molar-refractivity contribution is 0.0681. The molecule has 0 saturated carbocycles. The Bertz CT molecular complexity index is 923. The van der Waals surface area contributed by atoms with Crippen molar-refractivity contribution in [1.29, 1.82) is 0 Å². The zero-order valence-electron chi connectivity index (χ0n) is 15.6. The van der Waals surface area contributed by atoms with Crippen LogP contribution in [0.25, 0.3) is 0 Å². The molecular weight excluding hydrogens is 382 g/mol. The van der Waals surface area contributed by atoms with Crippen molar-refractivity contribution >= 4 is 27.3 Å². The second-order valence-corrected chi connectivity index (χ2v) is 10.0. The van der Waals surface area contributed by atoms with E-state index in [9.17, 15) is 13.2 Å². The number of carbonyl (C=O) groups is 1. The first-order valence-corrected chi connectivity index (χ1v) is 11.3. The van der Waals surface area contributed by atoms with Crippen LogP contribution in [0.15, 0.2) is 48.5 Å². The maximum Gasteiger partial charge on any atom is 0.255 e. The van der Waals surface area contributed by atoms with Crippen LogP contribution in [0.1, 0.15) is 47.7 Å². The summed E-state index contributed by atoms with van der Waals surface area (Å²) in [5.74, 6) is 0.333. The van der Waals surface area contributed by atoms with E-state index in [1.807, 2.05) is 12.1 Å².